The zero-order valence-corrected chi connectivity index (χ0v) is 8.77. The van der Waals surface area contributed by atoms with Gasteiger partial charge in [-0.05, 0) is 11.6 Å². The molecule has 1 rings (SSSR count). The first kappa shape index (κ1) is 12.8. The lowest BCUT2D eigenvalue weighted by Gasteiger charge is -2.27. The van der Waals surface area contributed by atoms with Crippen LogP contribution in [0.15, 0.2) is 22.6 Å². The number of nitrogens with two attached hydrogens (primary N) is 1. The molecule has 0 aromatic rings. The Morgan fingerprint density at radius 1 is 1.69 bits per heavy atom. The highest BCUT2D eigenvalue weighted by Crippen LogP contribution is 2.13. The van der Waals surface area contributed by atoms with E-state index in [0.29, 0.717) is 5.06 Å². The molecule has 0 saturated heterocycles. The Morgan fingerprint density at radius 3 is 2.88 bits per heavy atom. The molecule has 1 aliphatic heterocycles. The van der Waals surface area contributed by atoms with Gasteiger partial charge in [-0.15, -0.1) is 0 Å². The normalized spacial score (nSPS) is 20.6. The lowest BCUT2D eigenvalue weighted by atomic mass is 10.7. The SMILES string of the molecule is C=CCOC1=NC(N)N(OC(F)F)C(Cl)=N1. The molecule has 1 aliphatic rings. The van der Waals surface area contributed by atoms with Crippen molar-refractivity contribution in [2.45, 2.75) is 12.9 Å². The topological polar surface area (TPSA) is 72.4 Å². The molecule has 6 nitrogen and oxygen atoms in total. The number of halogens is 3. The van der Waals surface area contributed by atoms with Gasteiger partial charge in [0.05, 0.1) is 0 Å². The second-order valence-corrected chi connectivity index (χ2v) is 2.84. The highest BCUT2D eigenvalue weighted by molar-refractivity contribution is 6.65. The van der Waals surface area contributed by atoms with Crippen molar-refractivity contribution in [1.82, 2.24) is 5.06 Å². The van der Waals surface area contributed by atoms with E-state index in [2.05, 4.69) is 21.4 Å². The molecule has 0 radical (unpaired) electrons. The summed E-state index contributed by atoms with van der Waals surface area (Å²) in [4.78, 5) is 11.2. The van der Waals surface area contributed by atoms with Crippen molar-refractivity contribution >= 4 is 22.9 Å². The molecular weight excluding hydrogens is 246 g/mol. The van der Waals surface area contributed by atoms with Gasteiger partial charge in [-0.2, -0.15) is 28.7 Å². The monoisotopic (exact) mass is 254 g/mol. The number of rotatable bonds is 4. The summed E-state index contributed by atoms with van der Waals surface area (Å²) in [5, 5.41) is 0.0920. The van der Waals surface area contributed by atoms with E-state index in [0.717, 1.165) is 0 Å². The van der Waals surface area contributed by atoms with Crippen LogP contribution in [0.1, 0.15) is 0 Å². The molecule has 0 amide bonds. The predicted molar refractivity (Wildman–Crippen MR) is 53.8 cm³/mol. The summed E-state index contributed by atoms with van der Waals surface area (Å²) in [5.74, 6) is 0. The van der Waals surface area contributed by atoms with Crippen LogP contribution >= 0.6 is 11.6 Å². The highest BCUT2D eigenvalue weighted by Gasteiger charge is 2.27. The van der Waals surface area contributed by atoms with Crippen molar-refractivity contribution in [2.75, 3.05) is 6.61 Å². The maximum Gasteiger partial charge on any atom is 0.365 e. The Hall–Kier alpha value is -1.25. The molecule has 0 aliphatic carbocycles. The molecule has 9 heteroatoms. The third-order valence-corrected chi connectivity index (χ3v) is 1.63. The summed E-state index contributed by atoms with van der Waals surface area (Å²) in [5.41, 5.74) is 5.39. The zero-order valence-electron chi connectivity index (χ0n) is 8.02. The van der Waals surface area contributed by atoms with E-state index in [9.17, 15) is 8.78 Å². The number of nitrogens with zero attached hydrogens (tertiary/aromatic N) is 3. The Bertz CT molecular complexity index is 324. The van der Waals surface area contributed by atoms with Crippen LogP contribution in [0.3, 0.4) is 0 Å². The molecular formula is C7H9ClF2N4O2. The number of aliphatic imine (C=N–C) groups is 2. The minimum absolute atomic E-state index is 0.119. The molecule has 90 valence electrons. The molecule has 16 heavy (non-hydrogen) atoms. The minimum Gasteiger partial charge on any atom is -0.459 e. The van der Waals surface area contributed by atoms with E-state index in [1.54, 1.807) is 0 Å². The molecule has 0 saturated carbocycles. The Labute approximate surface area is 94.9 Å². The van der Waals surface area contributed by atoms with Gasteiger partial charge in [0.25, 0.3) is 0 Å². The van der Waals surface area contributed by atoms with Crippen LogP contribution in [0.2, 0.25) is 0 Å². The standard InChI is InChI=1S/C7H9ClF2N4O2/c1-2-3-15-7-12-4(8)14(6(11)13-7)16-5(9)10/h2,5-6H,1,3,11H2. The minimum atomic E-state index is -3.07. The van der Waals surface area contributed by atoms with Gasteiger partial charge < -0.3 is 4.74 Å². The number of hydrogen-bond acceptors (Lipinski definition) is 6. The van der Waals surface area contributed by atoms with Crippen molar-refractivity contribution in [3.63, 3.8) is 0 Å². The maximum absolute atomic E-state index is 11.9. The summed E-state index contributed by atoms with van der Waals surface area (Å²) in [6, 6.07) is -0.119. The summed E-state index contributed by atoms with van der Waals surface area (Å²) in [7, 11) is 0. The van der Waals surface area contributed by atoms with Gasteiger partial charge in [0.15, 0.2) is 0 Å². The van der Waals surface area contributed by atoms with E-state index < -0.39 is 12.9 Å². The zero-order chi connectivity index (χ0) is 12.1. The van der Waals surface area contributed by atoms with Crippen LogP contribution in [0.4, 0.5) is 8.78 Å². The second kappa shape index (κ2) is 5.73. The Kier molecular flexibility index (Phi) is 4.59. The van der Waals surface area contributed by atoms with Crippen molar-refractivity contribution in [2.24, 2.45) is 15.7 Å². The van der Waals surface area contributed by atoms with E-state index in [1.807, 2.05) is 0 Å². The fourth-order valence-electron chi connectivity index (χ4n) is 0.827. The van der Waals surface area contributed by atoms with Crippen LogP contribution in [0, 0.1) is 0 Å². The number of hydrogen-bond donors (Lipinski definition) is 1. The quantitative estimate of drug-likeness (QED) is 0.596. The summed E-state index contributed by atoms with van der Waals surface area (Å²) in [6.07, 6.45) is 0.221. The van der Waals surface area contributed by atoms with Crippen LogP contribution < -0.4 is 5.73 Å². The lowest BCUT2D eigenvalue weighted by molar-refractivity contribution is -0.261. The fourth-order valence-corrected chi connectivity index (χ4v) is 1.04. The molecule has 2 N–H and O–H groups in total. The fraction of sp³-hybridized carbons (Fsp3) is 0.429. The van der Waals surface area contributed by atoms with Crippen molar-refractivity contribution in [3.8, 4) is 0 Å². The highest BCUT2D eigenvalue weighted by atomic mass is 35.5. The molecule has 0 aromatic carbocycles. The van der Waals surface area contributed by atoms with E-state index >= 15 is 0 Å². The van der Waals surface area contributed by atoms with Crippen LogP contribution in [-0.2, 0) is 9.57 Å². The molecule has 0 fully saturated rings. The average molecular weight is 255 g/mol. The van der Waals surface area contributed by atoms with Gasteiger partial charge in [0, 0.05) is 0 Å². The van der Waals surface area contributed by atoms with Crippen LogP contribution in [0.25, 0.3) is 0 Å². The molecule has 1 atom stereocenters. The number of amidine groups is 2. The van der Waals surface area contributed by atoms with Gasteiger partial charge in [-0.1, -0.05) is 12.7 Å². The molecule has 1 heterocycles. The van der Waals surface area contributed by atoms with E-state index in [-0.39, 0.29) is 17.9 Å². The number of ether oxygens (including phenoxy) is 1. The second-order valence-electron chi connectivity index (χ2n) is 2.50. The van der Waals surface area contributed by atoms with E-state index in [1.165, 1.54) is 6.08 Å². The van der Waals surface area contributed by atoms with Gasteiger partial charge in [0.1, 0.15) is 6.61 Å². The summed E-state index contributed by atoms with van der Waals surface area (Å²) < 4.78 is 28.8. The summed E-state index contributed by atoms with van der Waals surface area (Å²) >= 11 is 5.55. The lowest BCUT2D eigenvalue weighted by Crippen LogP contribution is -2.47. The van der Waals surface area contributed by atoms with Gasteiger partial charge in [-0.25, -0.2) is 0 Å². The predicted octanol–water partition coefficient (Wildman–Crippen LogP) is 0.852. The first-order chi connectivity index (χ1) is 7.54. The summed E-state index contributed by atoms with van der Waals surface area (Å²) in [6.45, 7) is 0.490. The van der Waals surface area contributed by atoms with Gasteiger partial charge in [0.2, 0.25) is 11.6 Å². The molecule has 0 aromatic heterocycles. The average Bonchev–Trinajstić information content (AvgIpc) is 2.20. The van der Waals surface area contributed by atoms with Crippen molar-refractivity contribution in [3.05, 3.63) is 12.7 Å². The maximum atomic E-state index is 11.9. The Morgan fingerprint density at radius 2 is 2.38 bits per heavy atom. The van der Waals surface area contributed by atoms with Gasteiger partial charge >= 0.3 is 12.6 Å². The van der Waals surface area contributed by atoms with Crippen molar-refractivity contribution in [1.29, 1.82) is 0 Å². The smallest absolute Gasteiger partial charge is 0.365 e. The van der Waals surface area contributed by atoms with Gasteiger partial charge in [-0.3, -0.25) is 5.73 Å². The Balaban J connectivity index is 2.67. The first-order valence-corrected chi connectivity index (χ1v) is 4.48. The van der Waals surface area contributed by atoms with E-state index in [4.69, 9.17) is 22.1 Å². The third-order valence-electron chi connectivity index (χ3n) is 1.38. The van der Waals surface area contributed by atoms with Crippen LogP contribution in [-0.4, -0.2) is 35.9 Å². The van der Waals surface area contributed by atoms with Crippen LogP contribution in [0.5, 0.6) is 0 Å². The molecule has 1 unspecified atom stereocenters. The van der Waals surface area contributed by atoms with Crippen molar-refractivity contribution < 1.29 is 18.4 Å². The molecule has 0 bridgehead atoms. The third kappa shape index (κ3) is 3.40. The number of alkyl halides is 2. The number of hydroxylamine groups is 2. The first-order valence-electron chi connectivity index (χ1n) is 4.10. The largest absolute Gasteiger partial charge is 0.459 e. The molecule has 0 spiro atoms.